The molecular weight excluding hydrogens is 254 g/mol. The SMILES string of the molecule is COCCN1C(=O)CC(N)C1c1ccc(F)cc1F. The predicted molar refractivity (Wildman–Crippen MR) is 65.3 cm³/mol. The molecule has 2 atom stereocenters. The number of carbonyl (C=O) groups is 1. The summed E-state index contributed by atoms with van der Waals surface area (Å²) in [7, 11) is 1.52. The number of nitrogens with zero attached hydrogens (tertiary/aromatic N) is 1. The quantitative estimate of drug-likeness (QED) is 0.894. The van der Waals surface area contributed by atoms with Gasteiger partial charge in [0.05, 0.1) is 12.6 Å². The fourth-order valence-corrected chi connectivity index (χ4v) is 2.41. The Hall–Kier alpha value is -1.53. The number of hydrogen-bond donors (Lipinski definition) is 1. The van der Waals surface area contributed by atoms with Gasteiger partial charge in [-0.25, -0.2) is 8.78 Å². The molecule has 1 aliphatic heterocycles. The van der Waals surface area contributed by atoms with Crippen molar-refractivity contribution in [2.75, 3.05) is 20.3 Å². The Morgan fingerprint density at radius 2 is 2.21 bits per heavy atom. The minimum atomic E-state index is -0.683. The van der Waals surface area contributed by atoms with Crippen molar-refractivity contribution in [2.45, 2.75) is 18.5 Å². The third-order valence-electron chi connectivity index (χ3n) is 3.29. The lowest BCUT2D eigenvalue weighted by atomic mass is 10.00. The first kappa shape index (κ1) is 13.9. The highest BCUT2D eigenvalue weighted by molar-refractivity contribution is 5.80. The molecule has 1 aromatic rings. The maximum absolute atomic E-state index is 13.8. The van der Waals surface area contributed by atoms with Crippen LogP contribution in [0.4, 0.5) is 8.78 Å². The lowest BCUT2D eigenvalue weighted by Crippen LogP contribution is -2.35. The predicted octanol–water partition coefficient (Wildman–Crippen LogP) is 1.21. The Morgan fingerprint density at radius 1 is 1.47 bits per heavy atom. The minimum Gasteiger partial charge on any atom is -0.383 e. The average molecular weight is 270 g/mol. The molecule has 1 saturated heterocycles. The van der Waals surface area contributed by atoms with Crippen molar-refractivity contribution in [2.24, 2.45) is 5.73 Å². The van der Waals surface area contributed by atoms with Crippen LogP contribution in [0.25, 0.3) is 0 Å². The zero-order chi connectivity index (χ0) is 14.0. The molecule has 4 nitrogen and oxygen atoms in total. The molecule has 0 bridgehead atoms. The highest BCUT2D eigenvalue weighted by Crippen LogP contribution is 2.33. The molecule has 0 aromatic heterocycles. The van der Waals surface area contributed by atoms with Crippen molar-refractivity contribution in [3.05, 3.63) is 35.4 Å². The second kappa shape index (κ2) is 5.63. The Kier molecular flexibility index (Phi) is 4.11. The molecule has 1 amide bonds. The lowest BCUT2D eigenvalue weighted by molar-refractivity contribution is -0.129. The number of nitrogens with two attached hydrogens (primary N) is 1. The third kappa shape index (κ3) is 2.74. The summed E-state index contributed by atoms with van der Waals surface area (Å²) in [5, 5.41) is 0. The summed E-state index contributed by atoms with van der Waals surface area (Å²) in [6.07, 6.45) is 0.158. The van der Waals surface area contributed by atoms with Crippen LogP contribution in [-0.4, -0.2) is 37.1 Å². The topological polar surface area (TPSA) is 55.6 Å². The Bertz CT molecular complexity index is 482. The largest absolute Gasteiger partial charge is 0.383 e. The van der Waals surface area contributed by atoms with Gasteiger partial charge in [0.25, 0.3) is 0 Å². The summed E-state index contributed by atoms with van der Waals surface area (Å²) in [6.45, 7) is 0.683. The van der Waals surface area contributed by atoms with Crippen LogP contribution < -0.4 is 5.73 Å². The van der Waals surface area contributed by atoms with Gasteiger partial charge in [-0.15, -0.1) is 0 Å². The smallest absolute Gasteiger partial charge is 0.224 e. The number of amides is 1. The fourth-order valence-electron chi connectivity index (χ4n) is 2.41. The first-order chi connectivity index (χ1) is 9.04. The zero-order valence-electron chi connectivity index (χ0n) is 10.6. The van der Waals surface area contributed by atoms with Crippen molar-refractivity contribution in [1.29, 1.82) is 0 Å². The molecule has 1 aromatic carbocycles. The standard InChI is InChI=1S/C13H16F2N2O2/c1-19-5-4-17-12(18)7-11(16)13(17)9-3-2-8(14)6-10(9)15/h2-3,6,11,13H,4-5,7,16H2,1H3. The van der Waals surface area contributed by atoms with Gasteiger partial charge in [0.15, 0.2) is 0 Å². The molecule has 1 heterocycles. The van der Waals surface area contributed by atoms with Gasteiger partial charge in [-0.2, -0.15) is 0 Å². The van der Waals surface area contributed by atoms with Gasteiger partial charge in [0.1, 0.15) is 11.6 Å². The van der Waals surface area contributed by atoms with Crippen molar-refractivity contribution >= 4 is 5.91 Å². The molecule has 2 unspecified atom stereocenters. The summed E-state index contributed by atoms with van der Waals surface area (Å²) in [4.78, 5) is 13.3. The number of likely N-dealkylation sites (tertiary alicyclic amines) is 1. The Balaban J connectivity index is 2.31. The molecule has 1 fully saturated rings. The van der Waals surface area contributed by atoms with Crippen LogP contribution in [0.1, 0.15) is 18.0 Å². The molecular formula is C13H16F2N2O2. The third-order valence-corrected chi connectivity index (χ3v) is 3.29. The molecule has 2 N–H and O–H groups in total. The van der Waals surface area contributed by atoms with Crippen LogP contribution in [0.3, 0.4) is 0 Å². The molecule has 0 aliphatic carbocycles. The Morgan fingerprint density at radius 3 is 2.84 bits per heavy atom. The number of hydrogen-bond acceptors (Lipinski definition) is 3. The fraction of sp³-hybridized carbons (Fsp3) is 0.462. The number of ether oxygens (including phenoxy) is 1. The maximum Gasteiger partial charge on any atom is 0.224 e. The summed E-state index contributed by atoms with van der Waals surface area (Å²) >= 11 is 0. The van der Waals surface area contributed by atoms with Crippen LogP contribution in [0.2, 0.25) is 0 Å². The van der Waals surface area contributed by atoms with Crippen LogP contribution in [0.15, 0.2) is 18.2 Å². The number of benzene rings is 1. The van der Waals surface area contributed by atoms with Gasteiger partial charge >= 0.3 is 0 Å². The first-order valence-electron chi connectivity index (χ1n) is 6.03. The Labute approximate surface area is 110 Å². The van der Waals surface area contributed by atoms with E-state index in [2.05, 4.69) is 0 Å². The van der Waals surface area contributed by atoms with E-state index in [0.29, 0.717) is 13.2 Å². The van der Waals surface area contributed by atoms with E-state index in [9.17, 15) is 13.6 Å². The number of halogens is 2. The summed E-state index contributed by atoms with van der Waals surface area (Å²) in [5.41, 5.74) is 6.15. The van der Waals surface area contributed by atoms with E-state index in [1.54, 1.807) is 0 Å². The molecule has 1 aliphatic rings. The van der Waals surface area contributed by atoms with Crippen molar-refractivity contribution in [3.63, 3.8) is 0 Å². The van der Waals surface area contributed by atoms with Crippen LogP contribution >= 0.6 is 0 Å². The van der Waals surface area contributed by atoms with Crippen molar-refractivity contribution in [3.8, 4) is 0 Å². The summed E-state index contributed by atoms with van der Waals surface area (Å²) < 4.78 is 31.7. The number of methoxy groups -OCH3 is 1. The zero-order valence-corrected chi connectivity index (χ0v) is 10.6. The van der Waals surface area contributed by atoms with E-state index < -0.39 is 23.7 Å². The molecule has 2 rings (SSSR count). The van der Waals surface area contributed by atoms with Crippen molar-refractivity contribution < 1.29 is 18.3 Å². The lowest BCUT2D eigenvalue weighted by Gasteiger charge is -2.27. The molecule has 19 heavy (non-hydrogen) atoms. The molecule has 0 radical (unpaired) electrons. The second-order valence-electron chi connectivity index (χ2n) is 4.56. The number of rotatable bonds is 4. The summed E-state index contributed by atoms with van der Waals surface area (Å²) in [6, 6.07) is 2.25. The van der Waals surface area contributed by atoms with E-state index in [0.717, 1.165) is 6.07 Å². The van der Waals surface area contributed by atoms with Gasteiger partial charge in [-0.1, -0.05) is 6.07 Å². The van der Waals surface area contributed by atoms with Gasteiger partial charge in [-0.3, -0.25) is 4.79 Å². The van der Waals surface area contributed by atoms with Crippen molar-refractivity contribution in [1.82, 2.24) is 4.90 Å². The molecule has 6 heteroatoms. The van der Waals surface area contributed by atoms with Gasteiger partial charge in [-0.05, 0) is 6.07 Å². The molecule has 0 spiro atoms. The molecule has 104 valence electrons. The van der Waals surface area contributed by atoms with E-state index in [4.69, 9.17) is 10.5 Å². The van der Waals surface area contributed by atoms with Gasteiger partial charge in [0.2, 0.25) is 5.91 Å². The highest BCUT2D eigenvalue weighted by Gasteiger charge is 2.39. The summed E-state index contributed by atoms with van der Waals surface area (Å²) in [5.74, 6) is -1.47. The first-order valence-corrected chi connectivity index (χ1v) is 6.03. The number of carbonyl (C=O) groups excluding carboxylic acids is 1. The van der Waals surface area contributed by atoms with E-state index in [1.165, 1.54) is 24.1 Å². The molecule has 0 saturated carbocycles. The second-order valence-corrected chi connectivity index (χ2v) is 4.56. The normalized spacial score (nSPS) is 23.2. The van der Waals surface area contributed by atoms with Crippen LogP contribution in [0, 0.1) is 11.6 Å². The van der Waals surface area contributed by atoms with Crippen LogP contribution in [-0.2, 0) is 9.53 Å². The van der Waals surface area contributed by atoms with Gasteiger partial charge < -0.3 is 15.4 Å². The highest BCUT2D eigenvalue weighted by atomic mass is 19.1. The van der Waals surface area contributed by atoms with Gasteiger partial charge in [0, 0.05) is 37.7 Å². The average Bonchev–Trinajstić information content (AvgIpc) is 2.62. The maximum atomic E-state index is 13.8. The van der Waals surface area contributed by atoms with Crippen LogP contribution in [0.5, 0.6) is 0 Å². The van der Waals surface area contributed by atoms with E-state index in [-0.39, 0.29) is 17.9 Å². The monoisotopic (exact) mass is 270 g/mol. The van der Waals surface area contributed by atoms with E-state index >= 15 is 0 Å². The minimum absolute atomic E-state index is 0.140. The van der Waals surface area contributed by atoms with E-state index in [1.807, 2.05) is 0 Å².